The summed E-state index contributed by atoms with van der Waals surface area (Å²) in [5, 5.41) is 11.8. The average Bonchev–Trinajstić information content (AvgIpc) is 2.61. The van der Waals surface area contributed by atoms with E-state index in [1.54, 1.807) is 12.3 Å². The Labute approximate surface area is 96.8 Å². The number of hydrogen-bond donors (Lipinski definition) is 2. The van der Waals surface area contributed by atoms with Gasteiger partial charge in [0.05, 0.1) is 5.01 Å². The van der Waals surface area contributed by atoms with Crippen molar-refractivity contribution in [1.82, 2.24) is 10.3 Å². The van der Waals surface area contributed by atoms with Crippen LogP contribution >= 0.6 is 11.3 Å². The highest BCUT2D eigenvalue weighted by Crippen LogP contribution is 2.12. The lowest BCUT2D eigenvalue weighted by Crippen LogP contribution is -2.37. The highest BCUT2D eigenvalue weighted by Gasteiger charge is 2.11. The molecule has 0 saturated carbocycles. The van der Waals surface area contributed by atoms with Crippen LogP contribution in [0, 0.1) is 6.92 Å². The topological polar surface area (TPSA) is 79.3 Å². The zero-order chi connectivity index (χ0) is 12.1. The van der Waals surface area contributed by atoms with Crippen LogP contribution in [0.2, 0.25) is 0 Å². The minimum absolute atomic E-state index is 0.430. The van der Waals surface area contributed by atoms with Crippen molar-refractivity contribution >= 4 is 29.3 Å². The third-order valence-electron chi connectivity index (χ3n) is 1.77. The van der Waals surface area contributed by atoms with E-state index in [4.69, 9.17) is 5.11 Å². The molecule has 5 nitrogen and oxygen atoms in total. The summed E-state index contributed by atoms with van der Waals surface area (Å²) in [5.41, 5.74) is 0. The van der Waals surface area contributed by atoms with E-state index in [-0.39, 0.29) is 0 Å². The lowest BCUT2D eigenvalue weighted by atomic mass is 10.3. The summed E-state index contributed by atoms with van der Waals surface area (Å²) in [5.74, 6) is -1.49. The molecular weight excluding hydrogens is 228 g/mol. The van der Waals surface area contributed by atoms with Crippen LogP contribution in [0.5, 0.6) is 0 Å². The molecule has 86 valence electrons. The Balaban J connectivity index is 2.51. The van der Waals surface area contributed by atoms with Gasteiger partial charge in [0, 0.05) is 17.2 Å². The largest absolute Gasteiger partial charge is 0.480 e. The summed E-state index contributed by atoms with van der Waals surface area (Å²) in [7, 11) is 0. The number of carboxylic acids is 1. The molecule has 0 radical (unpaired) electrons. The van der Waals surface area contributed by atoms with Gasteiger partial charge in [-0.05, 0) is 19.9 Å². The summed E-state index contributed by atoms with van der Waals surface area (Å²) in [4.78, 5) is 26.6. The average molecular weight is 240 g/mol. The second-order valence-electron chi connectivity index (χ2n) is 3.18. The van der Waals surface area contributed by atoms with E-state index in [1.165, 1.54) is 24.3 Å². The smallest absolute Gasteiger partial charge is 0.325 e. The number of nitrogens with one attached hydrogen (secondary N) is 1. The lowest BCUT2D eigenvalue weighted by Gasteiger charge is -2.05. The SMILES string of the molecule is Cc1ncc(/C=C/C(=O)NC(C)C(=O)O)s1. The molecule has 1 heterocycles. The normalized spacial score (nSPS) is 12.6. The quantitative estimate of drug-likeness (QED) is 0.771. The first-order valence-electron chi connectivity index (χ1n) is 4.63. The van der Waals surface area contributed by atoms with Crippen LogP contribution in [-0.4, -0.2) is 28.0 Å². The van der Waals surface area contributed by atoms with Gasteiger partial charge < -0.3 is 10.4 Å². The van der Waals surface area contributed by atoms with Gasteiger partial charge in [-0.1, -0.05) is 0 Å². The van der Waals surface area contributed by atoms with E-state index in [1.807, 2.05) is 6.92 Å². The Bertz CT molecular complexity index is 425. The third-order valence-corrected chi connectivity index (χ3v) is 2.65. The van der Waals surface area contributed by atoms with E-state index in [9.17, 15) is 9.59 Å². The molecule has 1 rings (SSSR count). The number of aryl methyl sites for hydroxylation is 1. The Hall–Kier alpha value is -1.69. The minimum atomic E-state index is -1.06. The predicted molar refractivity (Wildman–Crippen MR) is 61.1 cm³/mol. The van der Waals surface area contributed by atoms with Gasteiger partial charge in [0.15, 0.2) is 0 Å². The van der Waals surface area contributed by atoms with Crippen LogP contribution < -0.4 is 5.32 Å². The number of thiazole rings is 1. The van der Waals surface area contributed by atoms with Crippen molar-refractivity contribution in [3.63, 3.8) is 0 Å². The second-order valence-corrected chi connectivity index (χ2v) is 4.45. The lowest BCUT2D eigenvalue weighted by molar-refractivity contribution is -0.140. The molecule has 2 N–H and O–H groups in total. The van der Waals surface area contributed by atoms with Crippen molar-refractivity contribution in [1.29, 1.82) is 0 Å². The van der Waals surface area contributed by atoms with Gasteiger partial charge >= 0.3 is 5.97 Å². The molecule has 0 spiro atoms. The van der Waals surface area contributed by atoms with Crippen LogP contribution in [-0.2, 0) is 9.59 Å². The van der Waals surface area contributed by atoms with Crippen molar-refractivity contribution in [2.24, 2.45) is 0 Å². The van der Waals surface area contributed by atoms with Crippen molar-refractivity contribution in [2.75, 3.05) is 0 Å². The number of amides is 1. The molecule has 0 saturated heterocycles. The van der Waals surface area contributed by atoms with Gasteiger partial charge in [0.25, 0.3) is 0 Å². The number of aromatic nitrogens is 1. The molecule has 1 aromatic heterocycles. The van der Waals surface area contributed by atoms with Crippen LogP contribution in [0.3, 0.4) is 0 Å². The number of aliphatic carboxylic acids is 1. The van der Waals surface area contributed by atoms with Crippen molar-refractivity contribution in [3.05, 3.63) is 22.2 Å². The summed E-state index contributed by atoms with van der Waals surface area (Å²) >= 11 is 1.46. The molecule has 16 heavy (non-hydrogen) atoms. The van der Waals surface area contributed by atoms with E-state index in [0.717, 1.165) is 9.88 Å². The molecular formula is C10H12N2O3S. The van der Waals surface area contributed by atoms with Crippen molar-refractivity contribution in [3.8, 4) is 0 Å². The molecule has 1 atom stereocenters. The summed E-state index contributed by atoms with van der Waals surface area (Å²) < 4.78 is 0. The molecule has 1 aromatic rings. The maximum absolute atomic E-state index is 11.3. The van der Waals surface area contributed by atoms with Gasteiger partial charge in [-0.2, -0.15) is 0 Å². The second kappa shape index (κ2) is 5.41. The third kappa shape index (κ3) is 3.82. The molecule has 0 aromatic carbocycles. The predicted octanol–water partition coefficient (Wildman–Crippen LogP) is 1.05. The fourth-order valence-corrected chi connectivity index (χ4v) is 1.62. The first kappa shape index (κ1) is 12.4. The van der Waals surface area contributed by atoms with Crippen molar-refractivity contribution in [2.45, 2.75) is 19.9 Å². The Morgan fingerprint density at radius 3 is 2.81 bits per heavy atom. The Morgan fingerprint density at radius 1 is 1.62 bits per heavy atom. The maximum Gasteiger partial charge on any atom is 0.325 e. The summed E-state index contributed by atoms with van der Waals surface area (Å²) in [6, 6.07) is -0.889. The number of rotatable bonds is 4. The first-order chi connectivity index (χ1) is 7.49. The van der Waals surface area contributed by atoms with E-state index in [2.05, 4.69) is 10.3 Å². The number of carbonyl (C=O) groups excluding carboxylic acids is 1. The standard InChI is InChI=1S/C10H12N2O3S/c1-6(10(14)15)12-9(13)4-3-8-5-11-7(2)16-8/h3-6H,1-2H3,(H,12,13)(H,14,15)/b4-3+. The highest BCUT2D eigenvalue weighted by atomic mass is 32.1. The zero-order valence-electron chi connectivity index (χ0n) is 8.93. The van der Waals surface area contributed by atoms with Crippen LogP contribution in [0.1, 0.15) is 16.8 Å². The van der Waals surface area contributed by atoms with Crippen LogP contribution in [0.4, 0.5) is 0 Å². The molecule has 0 aliphatic rings. The molecule has 0 aliphatic carbocycles. The molecule has 0 bridgehead atoms. The maximum atomic E-state index is 11.3. The Kier molecular flexibility index (Phi) is 4.19. The van der Waals surface area contributed by atoms with E-state index in [0.29, 0.717) is 0 Å². The highest BCUT2D eigenvalue weighted by molar-refractivity contribution is 7.12. The van der Waals surface area contributed by atoms with Crippen LogP contribution in [0.15, 0.2) is 12.3 Å². The van der Waals surface area contributed by atoms with Gasteiger partial charge in [-0.15, -0.1) is 11.3 Å². The van der Waals surface area contributed by atoms with Crippen molar-refractivity contribution < 1.29 is 14.7 Å². The fraction of sp³-hybridized carbons (Fsp3) is 0.300. The number of carbonyl (C=O) groups is 2. The van der Waals surface area contributed by atoms with Gasteiger partial charge in [0.1, 0.15) is 6.04 Å². The number of hydrogen-bond acceptors (Lipinski definition) is 4. The first-order valence-corrected chi connectivity index (χ1v) is 5.44. The summed E-state index contributed by atoms with van der Waals surface area (Å²) in [6.45, 7) is 3.28. The number of nitrogens with zero attached hydrogens (tertiary/aromatic N) is 1. The molecule has 0 fully saturated rings. The van der Waals surface area contributed by atoms with E-state index < -0.39 is 17.9 Å². The van der Waals surface area contributed by atoms with Gasteiger partial charge in [-0.3, -0.25) is 9.59 Å². The molecule has 6 heteroatoms. The molecule has 0 aliphatic heterocycles. The van der Waals surface area contributed by atoms with Crippen LogP contribution in [0.25, 0.3) is 6.08 Å². The number of carboxylic acid groups (broad SMARTS) is 1. The van der Waals surface area contributed by atoms with Gasteiger partial charge in [-0.25, -0.2) is 4.98 Å². The molecule has 1 amide bonds. The van der Waals surface area contributed by atoms with E-state index >= 15 is 0 Å². The Morgan fingerprint density at radius 2 is 2.31 bits per heavy atom. The minimum Gasteiger partial charge on any atom is -0.480 e. The monoisotopic (exact) mass is 240 g/mol. The fourth-order valence-electron chi connectivity index (χ4n) is 0.936. The zero-order valence-corrected chi connectivity index (χ0v) is 9.75. The molecule has 1 unspecified atom stereocenters. The summed E-state index contributed by atoms with van der Waals surface area (Å²) in [6.07, 6.45) is 4.56. The van der Waals surface area contributed by atoms with Gasteiger partial charge in [0.2, 0.25) is 5.91 Å².